The van der Waals surface area contributed by atoms with E-state index < -0.39 is 0 Å². The van der Waals surface area contributed by atoms with Crippen LogP contribution in [0.15, 0.2) is 24.3 Å². The predicted octanol–water partition coefficient (Wildman–Crippen LogP) is 3.81. The number of methoxy groups -OCH3 is 1. The molecule has 0 saturated heterocycles. The zero-order valence-electron chi connectivity index (χ0n) is 12.7. The fourth-order valence-corrected chi connectivity index (χ4v) is 3.11. The highest BCUT2D eigenvalue weighted by Crippen LogP contribution is 2.41. The molecule has 0 aromatic heterocycles. The molecule has 0 spiro atoms. The number of hydrogen-bond acceptors (Lipinski definition) is 2. The average molecular weight is 261 g/mol. The van der Waals surface area contributed by atoms with Crippen LogP contribution in [0.1, 0.15) is 57.2 Å². The molecule has 1 aromatic rings. The van der Waals surface area contributed by atoms with Crippen LogP contribution < -0.4 is 5.32 Å². The van der Waals surface area contributed by atoms with Crippen LogP contribution in [0.2, 0.25) is 0 Å². The first-order valence-corrected chi connectivity index (χ1v) is 7.39. The zero-order chi connectivity index (χ0) is 13.9. The Morgan fingerprint density at radius 3 is 2.84 bits per heavy atom. The summed E-state index contributed by atoms with van der Waals surface area (Å²) in [5.41, 5.74) is 3.31. The van der Waals surface area contributed by atoms with Crippen LogP contribution in [0.25, 0.3) is 0 Å². The van der Waals surface area contributed by atoms with Crippen LogP contribution in [0.5, 0.6) is 0 Å². The molecule has 2 heteroatoms. The molecule has 2 nitrogen and oxygen atoms in total. The van der Waals surface area contributed by atoms with Gasteiger partial charge in [-0.1, -0.05) is 38.1 Å². The van der Waals surface area contributed by atoms with E-state index in [4.69, 9.17) is 4.74 Å². The normalized spacial score (nSPS) is 22.8. The second-order valence-electron chi connectivity index (χ2n) is 6.41. The SMILES string of the molecule is COCCC(C)NC1CCC(C)(C)c2ccccc21. The molecule has 1 aliphatic rings. The topological polar surface area (TPSA) is 21.3 Å². The largest absolute Gasteiger partial charge is 0.385 e. The van der Waals surface area contributed by atoms with Gasteiger partial charge in [0.15, 0.2) is 0 Å². The van der Waals surface area contributed by atoms with Gasteiger partial charge >= 0.3 is 0 Å². The summed E-state index contributed by atoms with van der Waals surface area (Å²) < 4.78 is 5.16. The van der Waals surface area contributed by atoms with Crippen LogP contribution in [0.3, 0.4) is 0 Å². The molecule has 1 aliphatic carbocycles. The van der Waals surface area contributed by atoms with E-state index in [2.05, 4.69) is 50.4 Å². The second kappa shape index (κ2) is 6.06. The van der Waals surface area contributed by atoms with Gasteiger partial charge in [-0.05, 0) is 42.7 Å². The molecule has 1 N–H and O–H groups in total. The predicted molar refractivity (Wildman–Crippen MR) is 80.5 cm³/mol. The highest BCUT2D eigenvalue weighted by Gasteiger charge is 2.32. The third kappa shape index (κ3) is 3.37. The summed E-state index contributed by atoms with van der Waals surface area (Å²) in [5, 5.41) is 3.77. The summed E-state index contributed by atoms with van der Waals surface area (Å²) in [4.78, 5) is 0. The molecule has 19 heavy (non-hydrogen) atoms. The minimum Gasteiger partial charge on any atom is -0.385 e. The van der Waals surface area contributed by atoms with Gasteiger partial charge < -0.3 is 10.1 Å². The lowest BCUT2D eigenvalue weighted by Crippen LogP contribution is -2.37. The van der Waals surface area contributed by atoms with Crippen molar-refractivity contribution in [1.82, 2.24) is 5.32 Å². The van der Waals surface area contributed by atoms with E-state index in [0.29, 0.717) is 17.5 Å². The van der Waals surface area contributed by atoms with Crippen molar-refractivity contribution in [2.45, 2.75) is 57.5 Å². The van der Waals surface area contributed by atoms with Gasteiger partial charge in [0, 0.05) is 25.8 Å². The molecule has 0 radical (unpaired) electrons. The molecule has 0 fully saturated rings. The van der Waals surface area contributed by atoms with Gasteiger partial charge in [0.1, 0.15) is 0 Å². The van der Waals surface area contributed by atoms with Crippen molar-refractivity contribution in [1.29, 1.82) is 0 Å². The van der Waals surface area contributed by atoms with E-state index in [0.717, 1.165) is 13.0 Å². The van der Waals surface area contributed by atoms with Crippen molar-refractivity contribution in [2.24, 2.45) is 0 Å². The average Bonchev–Trinajstić information content (AvgIpc) is 2.40. The molecule has 0 heterocycles. The van der Waals surface area contributed by atoms with Gasteiger partial charge in [0.05, 0.1) is 0 Å². The molecule has 2 unspecified atom stereocenters. The third-order valence-corrected chi connectivity index (χ3v) is 4.36. The minimum absolute atomic E-state index is 0.310. The molecule has 0 amide bonds. The lowest BCUT2D eigenvalue weighted by molar-refractivity contribution is 0.181. The number of benzene rings is 1. The number of nitrogens with one attached hydrogen (secondary N) is 1. The molecule has 0 aliphatic heterocycles. The van der Waals surface area contributed by atoms with Crippen molar-refractivity contribution in [3.8, 4) is 0 Å². The number of ether oxygens (including phenoxy) is 1. The third-order valence-electron chi connectivity index (χ3n) is 4.36. The summed E-state index contributed by atoms with van der Waals surface area (Å²) >= 11 is 0. The van der Waals surface area contributed by atoms with Gasteiger partial charge in [-0.25, -0.2) is 0 Å². The molecule has 0 saturated carbocycles. The van der Waals surface area contributed by atoms with Crippen LogP contribution in [-0.4, -0.2) is 19.8 Å². The van der Waals surface area contributed by atoms with E-state index in [-0.39, 0.29) is 0 Å². The standard InChI is InChI=1S/C17H27NO/c1-13(10-12-19-4)18-16-9-11-17(2,3)15-8-6-5-7-14(15)16/h5-8,13,16,18H,9-12H2,1-4H3. The first-order valence-electron chi connectivity index (χ1n) is 7.39. The molecular weight excluding hydrogens is 234 g/mol. The Balaban J connectivity index is 2.12. The quantitative estimate of drug-likeness (QED) is 0.870. The molecule has 2 rings (SSSR count). The Labute approximate surface area is 117 Å². The summed E-state index contributed by atoms with van der Waals surface area (Å²) in [7, 11) is 1.77. The zero-order valence-corrected chi connectivity index (χ0v) is 12.7. The van der Waals surface area contributed by atoms with Gasteiger partial charge in [0.25, 0.3) is 0 Å². The fourth-order valence-electron chi connectivity index (χ4n) is 3.11. The summed E-state index contributed by atoms with van der Waals surface area (Å²) in [5.74, 6) is 0. The van der Waals surface area contributed by atoms with Gasteiger partial charge in [-0.2, -0.15) is 0 Å². The van der Waals surface area contributed by atoms with E-state index in [9.17, 15) is 0 Å². The highest BCUT2D eigenvalue weighted by atomic mass is 16.5. The summed E-state index contributed by atoms with van der Waals surface area (Å²) in [6.07, 6.45) is 3.54. The van der Waals surface area contributed by atoms with Crippen molar-refractivity contribution >= 4 is 0 Å². The molecule has 2 atom stereocenters. The molecule has 0 bridgehead atoms. The Kier molecular flexibility index (Phi) is 4.64. The van der Waals surface area contributed by atoms with Crippen molar-refractivity contribution < 1.29 is 4.74 Å². The summed E-state index contributed by atoms with van der Waals surface area (Å²) in [6.45, 7) is 7.79. The number of hydrogen-bond donors (Lipinski definition) is 1. The maximum Gasteiger partial charge on any atom is 0.0476 e. The van der Waals surface area contributed by atoms with Crippen LogP contribution >= 0.6 is 0 Å². The van der Waals surface area contributed by atoms with E-state index in [1.165, 1.54) is 24.0 Å². The first kappa shape index (κ1) is 14.5. The van der Waals surface area contributed by atoms with Crippen molar-refractivity contribution in [3.05, 3.63) is 35.4 Å². The van der Waals surface area contributed by atoms with Crippen LogP contribution in [-0.2, 0) is 10.2 Å². The van der Waals surface area contributed by atoms with Crippen LogP contribution in [0, 0.1) is 0 Å². The second-order valence-corrected chi connectivity index (χ2v) is 6.41. The number of rotatable bonds is 5. The van der Waals surface area contributed by atoms with Gasteiger partial charge in [-0.15, -0.1) is 0 Å². The van der Waals surface area contributed by atoms with Gasteiger partial charge in [-0.3, -0.25) is 0 Å². The van der Waals surface area contributed by atoms with E-state index in [1.807, 2.05) is 0 Å². The Morgan fingerprint density at radius 2 is 2.11 bits per heavy atom. The lowest BCUT2D eigenvalue weighted by Gasteiger charge is -2.38. The Bertz CT molecular complexity index is 413. The maximum absolute atomic E-state index is 5.16. The Hall–Kier alpha value is -0.860. The van der Waals surface area contributed by atoms with E-state index >= 15 is 0 Å². The maximum atomic E-state index is 5.16. The van der Waals surface area contributed by atoms with Crippen LogP contribution in [0.4, 0.5) is 0 Å². The number of fused-ring (bicyclic) bond motifs is 1. The van der Waals surface area contributed by atoms with E-state index in [1.54, 1.807) is 7.11 Å². The minimum atomic E-state index is 0.310. The van der Waals surface area contributed by atoms with Gasteiger partial charge in [0.2, 0.25) is 0 Å². The smallest absolute Gasteiger partial charge is 0.0476 e. The lowest BCUT2D eigenvalue weighted by atomic mass is 9.71. The fraction of sp³-hybridized carbons (Fsp3) is 0.647. The molecule has 106 valence electrons. The monoisotopic (exact) mass is 261 g/mol. The van der Waals surface area contributed by atoms with Crippen molar-refractivity contribution in [3.63, 3.8) is 0 Å². The highest BCUT2D eigenvalue weighted by molar-refractivity contribution is 5.38. The molecule has 1 aromatic carbocycles. The molecular formula is C17H27NO. The summed E-state index contributed by atoms with van der Waals surface area (Å²) in [6, 6.07) is 9.90. The Morgan fingerprint density at radius 1 is 1.37 bits per heavy atom. The first-order chi connectivity index (χ1) is 9.04. The van der Waals surface area contributed by atoms with Crippen molar-refractivity contribution in [2.75, 3.05) is 13.7 Å².